The molecule has 2 nitrogen and oxygen atoms in total. The Morgan fingerprint density at radius 3 is 2.20 bits per heavy atom. The van der Waals surface area contributed by atoms with Crippen LogP contribution in [0.25, 0.3) is 0 Å². The normalized spacial score (nSPS) is 11.2. The fourth-order valence-electron chi connectivity index (χ4n) is 1.38. The van der Waals surface area contributed by atoms with Crippen LogP contribution in [0.15, 0.2) is 24.3 Å². The zero-order valence-electron chi connectivity index (χ0n) is 9.83. The van der Waals surface area contributed by atoms with E-state index in [4.69, 9.17) is 0 Å². The van der Waals surface area contributed by atoms with Crippen LogP contribution >= 0.6 is 0 Å². The summed E-state index contributed by atoms with van der Waals surface area (Å²) in [7, 11) is 1.40. The highest BCUT2D eigenvalue weighted by atomic mass is 16.5. The number of ether oxygens (including phenoxy) is 1. The van der Waals surface area contributed by atoms with Gasteiger partial charge in [0.1, 0.15) is 0 Å². The van der Waals surface area contributed by atoms with Crippen LogP contribution in [-0.2, 0) is 10.2 Å². The first-order chi connectivity index (χ1) is 7.01. The predicted octanol–water partition coefficient (Wildman–Crippen LogP) is 3.16. The molecule has 0 saturated carbocycles. The van der Waals surface area contributed by atoms with Gasteiger partial charge in [-0.3, -0.25) is 0 Å². The molecule has 0 heterocycles. The van der Waals surface area contributed by atoms with Crippen molar-refractivity contribution in [3.05, 3.63) is 35.4 Å². The largest absolute Gasteiger partial charge is 0.465 e. The average Bonchev–Trinajstić information content (AvgIpc) is 2.28. The van der Waals surface area contributed by atoms with Crippen LogP contribution in [0.4, 0.5) is 0 Å². The molecule has 0 spiro atoms. The molecule has 0 amide bonds. The Balaban J connectivity index is 2.95. The van der Waals surface area contributed by atoms with Gasteiger partial charge in [0.15, 0.2) is 0 Å². The van der Waals surface area contributed by atoms with E-state index in [9.17, 15) is 4.79 Å². The van der Waals surface area contributed by atoms with Gasteiger partial charge in [-0.05, 0) is 29.5 Å². The lowest BCUT2D eigenvalue weighted by Crippen LogP contribution is -2.15. The summed E-state index contributed by atoms with van der Waals surface area (Å²) in [5.74, 6) is -0.282. The van der Waals surface area contributed by atoms with E-state index in [1.807, 2.05) is 24.3 Å². The van der Waals surface area contributed by atoms with Crippen molar-refractivity contribution in [3.8, 4) is 0 Å². The molecule has 2 heteroatoms. The third-order valence-corrected chi connectivity index (χ3v) is 2.97. The molecule has 0 aliphatic carbocycles. The van der Waals surface area contributed by atoms with Crippen molar-refractivity contribution < 1.29 is 9.53 Å². The molecule has 0 aromatic heterocycles. The smallest absolute Gasteiger partial charge is 0.337 e. The Labute approximate surface area is 91.3 Å². The van der Waals surface area contributed by atoms with Crippen molar-refractivity contribution in [2.75, 3.05) is 7.11 Å². The highest BCUT2D eigenvalue weighted by Crippen LogP contribution is 2.26. The third kappa shape index (κ3) is 2.58. The summed E-state index contributed by atoms with van der Waals surface area (Å²) in [6.45, 7) is 6.55. The molecule has 0 radical (unpaired) electrons. The topological polar surface area (TPSA) is 26.3 Å². The molecule has 1 aromatic carbocycles. The Bertz CT molecular complexity index is 336. The van der Waals surface area contributed by atoms with E-state index < -0.39 is 0 Å². The molecule has 1 rings (SSSR count). The van der Waals surface area contributed by atoms with E-state index in [1.54, 1.807) is 0 Å². The number of hydrogen-bond donors (Lipinski definition) is 0. The second kappa shape index (κ2) is 4.47. The van der Waals surface area contributed by atoms with Crippen LogP contribution in [0.1, 0.15) is 43.1 Å². The van der Waals surface area contributed by atoms with Crippen LogP contribution in [-0.4, -0.2) is 13.1 Å². The first-order valence-electron chi connectivity index (χ1n) is 5.20. The number of carbonyl (C=O) groups excluding carboxylic acids is 1. The van der Waals surface area contributed by atoms with Gasteiger partial charge < -0.3 is 4.74 Å². The maximum Gasteiger partial charge on any atom is 0.337 e. The van der Waals surface area contributed by atoms with E-state index in [2.05, 4.69) is 25.5 Å². The van der Waals surface area contributed by atoms with E-state index in [1.165, 1.54) is 12.7 Å². The van der Waals surface area contributed by atoms with Gasteiger partial charge in [0, 0.05) is 0 Å². The highest BCUT2D eigenvalue weighted by Gasteiger charge is 2.18. The SMILES string of the molecule is CCC(C)(C)c1ccc(C(=O)OC)cc1. The first-order valence-corrected chi connectivity index (χ1v) is 5.20. The fourth-order valence-corrected chi connectivity index (χ4v) is 1.38. The Morgan fingerprint density at radius 1 is 1.27 bits per heavy atom. The molecular weight excluding hydrogens is 188 g/mol. The fraction of sp³-hybridized carbons (Fsp3) is 0.462. The Morgan fingerprint density at radius 2 is 1.80 bits per heavy atom. The minimum Gasteiger partial charge on any atom is -0.465 e. The molecule has 0 aliphatic heterocycles. The minimum absolute atomic E-state index is 0.161. The molecule has 0 saturated heterocycles. The highest BCUT2D eigenvalue weighted by molar-refractivity contribution is 5.89. The van der Waals surface area contributed by atoms with Gasteiger partial charge >= 0.3 is 5.97 Å². The zero-order chi connectivity index (χ0) is 11.5. The van der Waals surface area contributed by atoms with Gasteiger partial charge in [-0.1, -0.05) is 32.9 Å². The lowest BCUT2D eigenvalue weighted by molar-refractivity contribution is 0.0600. The predicted molar refractivity (Wildman–Crippen MR) is 61.1 cm³/mol. The van der Waals surface area contributed by atoms with Gasteiger partial charge in [-0.15, -0.1) is 0 Å². The standard InChI is InChI=1S/C13H18O2/c1-5-13(2,3)11-8-6-10(7-9-11)12(14)15-4/h6-9H,5H2,1-4H3. The van der Waals surface area contributed by atoms with Crippen molar-refractivity contribution in [2.24, 2.45) is 0 Å². The van der Waals surface area contributed by atoms with E-state index >= 15 is 0 Å². The van der Waals surface area contributed by atoms with Gasteiger partial charge in [-0.2, -0.15) is 0 Å². The van der Waals surface area contributed by atoms with E-state index in [0.29, 0.717) is 5.56 Å². The number of benzene rings is 1. The molecule has 0 atom stereocenters. The van der Waals surface area contributed by atoms with Crippen molar-refractivity contribution in [1.29, 1.82) is 0 Å². The van der Waals surface area contributed by atoms with Crippen LogP contribution in [0, 0.1) is 0 Å². The number of esters is 1. The van der Waals surface area contributed by atoms with E-state index in [-0.39, 0.29) is 11.4 Å². The Hall–Kier alpha value is -1.31. The molecule has 0 fully saturated rings. The van der Waals surface area contributed by atoms with Crippen molar-refractivity contribution in [2.45, 2.75) is 32.6 Å². The maximum atomic E-state index is 11.2. The second-order valence-corrected chi connectivity index (χ2v) is 4.31. The molecule has 82 valence electrons. The lowest BCUT2D eigenvalue weighted by atomic mass is 9.82. The summed E-state index contributed by atoms with van der Waals surface area (Å²) in [6.07, 6.45) is 1.07. The summed E-state index contributed by atoms with van der Waals surface area (Å²) < 4.78 is 4.65. The van der Waals surface area contributed by atoms with Crippen molar-refractivity contribution in [1.82, 2.24) is 0 Å². The van der Waals surface area contributed by atoms with Crippen LogP contribution in [0.5, 0.6) is 0 Å². The van der Waals surface area contributed by atoms with Gasteiger partial charge in [0.2, 0.25) is 0 Å². The average molecular weight is 206 g/mol. The first kappa shape index (κ1) is 11.8. The molecule has 0 aliphatic rings. The summed E-state index contributed by atoms with van der Waals surface area (Å²) in [5, 5.41) is 0. The monoisotopic (exact) mass is 206 g/mol. The van der Waals surface area contributed by atoms with Gasteiger partial charge in [0.25, 0.3) is 0 Å². The van der Waals surface area contributed by atoms with Crippen LogP contribution in [0.3, 0.4) is 0 Å². The Kier molecular flexibility index (Phi) is 3.51. The second-order valence-electron chi connectivity index (χ2n) is 4.31. The third-order valence-electron chi connectivity index (χ3n) is 2.97. The molecule has 0 unspecified atom stereocenters. The van der Waals surface area contributed by atoms with Crippen molar-refractivity contribution >= 4 is 5.97 Å². The van der Waals surface area contributed by atoms with Gasteiger partial charge in [-0.25, -0.2) is 4.79 Å². The molecule has 15 heavy (non-hydrogen) atoms. The molecule has 0 bridgehead atoms. The summed E-state index contributed by atoms with van der Waals surface area (Å²) in [6, 6.07) is 7.63. The molecule has 0 N–H and O–H groups in total. The summed E-state index contributed by atoms with van der Waals surface area (Å²) >= 11 is 0. The number of hydrogen-bond acceptors (Lipinski definition) is 2. The molecular formula is C13H18O2. The summed E-state index contributed by atoms with van der Waals surface area (Å²) in [5.41, 5.74) is 2.01. The van der Waals surface area contributed by atoms with Crippen LogP contribution < -0.4 is 0 Å². The van der Waals surface area contributed by atoms with E-state index in [0.717, 1.165) is 6.42 Å². The maximum absolute atomic E-state index is 11.2. The zero-order valence-corrected chi connectivity index (χ0v) is 9.83. The lowest BCUT2D eigenvalue weighted by Gasteiger charge is -2.23. The number of rotatable bonds is 3. The molecule has 1 aromatic rings. The van der Waals surface area contributed by atoms with Crippen molar-refractivity contribution in [3.63, 3.8) is 0 Å². The van der Waals surface area contributed by atoms with Crippen LogP contribution in [0.2, 0.25) is 0 Å². The quantitative estimate of drug-likeness (QED) is 0.710. The number of methoxy groups -OCH3 is 1. The summed E-state index contributed by atoms with van der Waals surface area (Å²) in [4.78, 5) is 11.2. The number of carbonyl (C=O) groups is 1. The van der Waals surface area contributed by atoms with Gasteiger partial charge in [0.05, 0.1) is 12.7 Å². The minimum atomic E-state index is -0.282.